The first-order valence-corrected chi connectivity index (χ1v) is 10.4. The second kappa shape index (κ2) is 10.2. The average Bonchev–Trinajstić information content (AvgIpc) is 3.14. The summed E-state index contributed by atoms with van der Waals surface area (Å²) < 4.78 is 7.23. The first-order chi connectivity index (χ1) is 14.1. The lowest BCUT2D eigenvalue weighted by Crippen LogP contribution is -2.38. The number of anilines is 1. The molecule has 2 aromatic heterocycles. The zero-order valence-electron chi connectivity index (χ0n) is 16.9. The molecule has 0 spiro atoms. The van der Waals surface area contributed by atoms with Crippen LogP contribution in [0.5, 0.6) is 0 Å². The monoisotopic (exact) mass is 411 g/mol. The minimum absolute atomic E-state index is 0.0305. The largest absolute Gasteiger partial charge is 0.383 e. The van der Waals surface area contributed by atoms with Crippen LogP contribution in [0.1, 0.15) is 13.8 Å². The molecule has 3 rings (SSSR count). The maximum atomic E-state index is 13.0. The van der Waals surface area contributed by atoms with Gasteiger partial charge in [-0.1, -0.05) is 30.0 Å². The Kier molecular flexibility index (Phi) is 7.37. The van der Waals surface area contributed by atoms with E-state index in [2.05, 4.69) is 15.2 Å². The van der Waals surface area contributed by atoms with Crippen molar-refractivity contribution in [3.05, 3.63) is 54.9 Å². The van der Waals surface area contributed by atoms with Gasteiger partial charge in [-0.15, -0.1) is 10.2 Å². The summed E-state index contributed by atoms with van der Waals surface area (Å²) in [5.41, 5.74) is 1.82. The molecule has 0 saturated carbocycles. The summed E-state index contributed by atoms with van der Waals surface area (Å²) in [7, 11) is 1.66. The number of aromatic nitrogens is 4. The van der Waals surface area contributed by atoms with E-state index in [1.54, 1.807) is 19.5 Å². The molecule has 0 aliphatic heterocycles. The number of hydrogen-bond acceptors (Lipinski definition) is 6. The molecule has 2 heterocycles. The molecule has 7 nitrogen and oxygen atoms in total. The molecule has 0 aliphatic carbocycles. The Hall–Kier alpha value is -2.71. The van der Waals surface area contributed by atoms with Crippen LogP contribution < -0.4 is 4.90 Å². The number of carbonyl (C=O) groups is 1. The van der Waals surface area contributed by atoms with Crippen molar-refractivity contribution in [3.8, 4) is 11.4 Å². The van der Waals surface area contributed by atoms with Crippen LogP contribution in [0.25, 0.3) is 11.4 Å². The second-order valence-electron chi connectivity index (χ2n) is 6.67. The molecular formula is C21H25N5O2S. The van der Waals surface area contributed by atoms with Crippen molar-refractivity contribution in [1.82, 2.24) is 19.7 Å². The van der Waals surface area contributed by atoms with Gasteiger partial charge in [0.05, 0.1) is 18.9 Å². The van der Waals surface area contributed by atoms with Gasteiger partial charge in [-0.05, 0) is 38.1 Å². The Bertz CT molecular complexity index is 915. The number of para-hydroxylation sites is 1. The SMILES string of the molecule is COCCn1c(SCC(=O)N(c2ccccc2)C(C)C)nnc1-c1ccncc1. The van der Waals surface area contributed by atoms with Gasteiger partial charge in [-0.25, -0.2) is 0 Å². The van der Waals surface area contributed by atoms with Crippen LogP contribution in [0.4, 0.5) is 5.69 Å². The molecule has 0 atom stereocenters. The minimum Gasteiger partial charge on any atom is -0.383 e. The van der Waals surface area contributed by atoms with Gasteiger partial charge in [-0.3, -0.25) is 14.3 Å². The molecule has 0 saturated heterocycles. The fourth-order valence-electron chi connectivity index (χ4n) is 3.01. The van der Waals surface area contributed by atoms with Crippen molar-refractivity contribution in [2.24, 2.45) is 0 Å². The first kappa shape index (κ1) is 21.0. The number of methoxy groups -OCH3 is 1. The maximum Gasteiger partial charge on any atom is 0.237 e. The zero-order valence-corrected chi connectivity index (χ0v) is 17.7. The summed E-state index contributed by atoms with van der Waals surface area (Å²) in [6.45, 7) is 5.15. The summed E-state index contributed by atoms with van der Waals surface area (Å²) in [4.78, 5) is 18.8. The molecule has 1 aromatic carbocycles. The van der Waals surface area contributed by atoms with Crippen LogP contribution >= 0.6 is 11.8 Å². The van der Waals surface area contributed by atoms with Crippen molar-refractivity contribution < 1.29 is 9.53 Å². The number of amides is 1. The van der Waals surface area contributed by atoms with Gasteiger partial charge in [0.1, 0.15) is 0 Å². The highest BCUT2D eigenvalue weighted by Crippen LogP contribution is 2.25. The van der Waals surface area contributed by atoms with E-state index in [1.807, 2.05) is 65.8 Å². The Morgan fingerprint density at radius 2 is 1.86 bits per heavy atom. The van der Waals surface area contributed by atoms with Gasteiger partial charge in [-0.2, -0.15) is 0 Å². The average molecular weight is 412 g/mol. The predicted octanol–water partition coefficient (Wildman–Crippen LogP) is 3.52. The van der Waals surface area contributed by atoms with Gasteiger partial charge >= 0.3 is 0 Å². The van der Waals surface area contributed by atoms with Crippen molar-refractivity contribution in [3.63, 3.8) is 0 Å². The molecule has 1 amide bonds. The number of thioether (sulfide) groups is 1. The highest BCUT2D eigenvalue weighted by molar-refractivity contribution is 7.99. The van der Waals surface area contributed by atoms with E-state index in [4.69, 9.17) is 4.74 Å². The van der Waals surface area contributed by atoms with Gasteiger partial charge in [0.25, 0.3) is 0 Å². The van der Waals surface area contributed by atoms with Crippen molar-refractivity contribution in [2.45, 2.75) is 31.6 Å². The molecule has 29 heavy (non-hydrogen) atoms. The number of carbonyl (C=O) groups excluding carboxylic acids is 1. The zero-order chi connectivity index (χ0) is 20.6. The minimum atomic E-state index is 0.0305. The van der Waals surface area contributed by atoms with Crippen LogP contribution in [-0.2, 0) is 16.1 Å². The second-order valence-corrected chi connectivity index (χ2v) is 7.61. The number of pyridine rings is 1. The molecule has 0 aliphatic rings. The highest BCUT2D eigenvalue weighted by Gasteiger charge is 2.21. The van der Waals surface area contributed by atoms with Crippen molar-refractivity contribution in [2.75, 3.05) is 24.4 Å². The lowest BCUT2D eigenvalue weighted by molar-refractivity contribution is -0.116. The Labute approximate surface area is 175 Å². The summed E-state index contributed by atoms with van der Waals surface area (Å²) in [5, 5.41) is 9.36. The van der Waals surface area contributed by atoms with Gasteiger partial charge < -0.3 is 9.64 Å². The van der Waals surface area contributed by atoms with E-state index in [0.29, 0.717) is 18.3 Å². The van der Waals surface area contributed by atoms with E-state index in [-0.39, 0.29) is 17.7 Å². The van der Waals surface area contributed by atoms with E-state index >= 15 is 0 Å². The van der Waals surface area contributed by atoms with E-state index < -0.39 is 0 Å². The van der Waals surface area contributed by atoms with Crippen molar-refractivity contribution in [1.29, 1.82) is 0 Å². The number of rotatable bonds is 9. The van der Waals surface area contributed by atoms with Gasteiger partial charge in [0, 0.05) is 36.8 Å². The molecule has 0 N–H and O–H groups in total. The van der Waals surface area contributed by atoms with Crippen LogP contribution in [0, 0.1) is 0 Å². The molecule has 3 aromatic rings. The molecular weight excluding hydrogens is 386 g/mol. The normalized spacial score (nSPS) is 11.0. The topological polar surface area (TPSA) is 73.1 Å². The van der Waals surface area contributed by atoms with E-state index in [1.165, 1.54) is 11.8 Å². The summed E-state index contributed by atoms with van der Waals surface area (Å²) >= 11 is 1.39. The van der Waals surface area contributed by atoms with Crippen molar-refractivity contribution >= 4 is 23.4 Å². The fourth-order valence-corrected chi connectivity index (χ4v) is 3.83. The molecule has 152 valence electrons. The fraction of sp³-hybridized carbons (Fsp3) is 0.333. The molecule has 0 bridgehead atoms. The van der Waals surface area contributed by atoms with Crippen LogP contribution in [0.2, 0.25) is 0 Å². The van der Waals surface area contributed by atoms with Crippen LogP contribution in [0.15, 0.2) is 60.0 Å². The third-order valence-corrected chi connectivity index (χ3v) is 5.27. The highest BCUT2D eigenvalue weighted by atomic mass is 32.2. The lowest BCUT2D eigenvalue weighted by atomic mass is 10.2. The smallest absolute Gasteiger partial charge is 0.237 e. The Morgan fingerprint density at radius 1 is 1.14 bits per heavy atom. The predicted molar refractivity (Wildman–Crippen MR) is 115 cm³/mol. The number of nitrogens with zero attached hydrogens (tertiary/aromatic N) is 5. The van der Waals surface area contributed by atoms with Crippen LogP contribution in [-0.4, -0.2) is 51.2 Å². The molecule has 0 radical (unpaired) electrons. The number of benzene rings is 1. The molecule has 8 heteroatoms. The number of ether oxygens (including phenoxy) is 1. The van der Waals surface area contributed by atoms with E-state index in [9.17, 15) is 4.79 Å². The number of hydrogen-bond donors (Lipinski definition) is 0. The first-order valence-electron chi connectivity index (χ1n) is 9.44. The third-order valence-electron chi connectivity index (χ3n) is 4.32. The molecule has 0 fully saturated rings. The maximum absolute atomic E-state index is 13.0. The standard InChI is InChI=1S/C21H25N5O2S/c1-16(2)26(18-7-5-4-6-8-18)19(27)15-29-21-24-23-20(25(21)13-14-28-3)17-9-11-22-12-10-17/h4-12,16H,13-15H2,1-3H3. The van der Waals surface area contributed by atoms with Crippen LogP contribution in [0.3, 0.4) is 0 Å². The Morgan fingerprint density at radius 3 is 2.52 bits per heavy atom. The lowest BCUT2D eigenvalue weighted by Gasteiger charge is -2.26. The van der Waals surface area contributed by atoms with E-state index in [0.717, 1.165) is 17.1 Å². The third kappa shape index (κ3) is 5.21. The summed E-state index contributed by atoms with van der Waals surface area (Å²) in [6, 6.07) is 13.6. The van der Waals surface area contributed by atoms with Gasteiger partial charge in [0.2, 0.25) is 5.91 Å². The quantitative estimate of drug-likeness (QED) is 0.502. The summed E-state index contributed by atoms with van der Waals surface area (Å²) in [5.74, 6) is 1.04. The van der Waals surface area contributed by atoms with Gasteiger partial charge in [0.15, 0.2) is 11.0 Å². The molecule has 0 unspecified atom stereocenters. The summed E-state index contributed by atoms with van der Waals surface area (Å²) in [6.07, 6.45) is 3.45. The Balaban J connectivity index is 1.79.